The molecular formula is C21H30N2O. The highest BCUT2D eigenvalue weighted by Gasteiger charge is 2.42. The van der Waals surface area contributed by atoms with E-state index in [1.807, 2.05) is 0 Å². The summed E-state index contributed by atoms with van der Waals surface area (Å²) in [4.78, 5) is 17.1. The lowest BCUT2D eigenvalue weighted by molar-refractivity contribution is -0.131. The van der Waals surface area contributed by atoms with Gasteiger partial charge in [-0.15, -0.1) is 0 Å². The molecule has 24 heavy (non-hydrogen) atoms. The highest BCUT2D eigenvalue weighted by Crippen LogP contribution is 2.41. The van der Waals surface area contributed by atoms with Gasteiger partial charge in [0.05, 0.1) is 0 Å². The third kappa shape index (κ3) is 3.66. The molecule has 3 aliphatic rings. The molecule has 3 nitrogen and oxygen atoms in total. The summed E-state index contributed by atoms with van der Waals surface area (Å²) in [6, 6.07) is 8.93. The Hall–Kier alpha value is -1.35. The molecule has 2 saturated heterocycles. The molecule has 1 aromatic rings. The minimum atomic E-state index is 0.420. The Bertz CT molecular complexity index is 582. The molecule has 0 atom stereocenters. The largest absolute Gasteiger partial charge is 0.342 e. The van der Waals surface area contributed by atoms with E-state index in [9.17, 15) is 4.79 Å². The summed E-state index contributed by atoms with van der Waals surface area (Å²) in [5.74, 6) is 1.14. The molecule has 3 fully saturated rings. The van der Waals surface area contributed by atoms with Crippen LogP contribution in [0.25, 0.3) is 0 Å². The van der Waals surface area contributed by atoms with Crippen molar-refractivity contribution in [3.05, 3.63) is 35.4 Å². The number of nitrogens with zero attached hydrogens (tertiary/aromatic N) is 2. The van der Waals surface area contributed by atoms with Crippen LogP contribution in [0.2, 0.25) is 0 Å². The Labute approximate surface area is 146 Å². The van der Waals surface area contributed by atoms with E-state index >= 15 is 0 Å². The molecular weight excluding hydrogens is 296 g/mol. The number of hydrogen-bond donors (Lipinski definition) is 0. The van der Waals surface area contributed by atoms with E-state index < -0.39 is 0 Å². The number of carbonyl (C=O) groups excluding carboxylic acids is 1. The zero-order chi connectivity index (χ0) is 16.6. The van der Waals surface area contributed by atoms with Gasteiger partial charge in [-0.1, -0.05) is 29.8 Å². The van der Waals surface area contributed by atoms with Crippen molar-refractivity contribution in [2.45, 2.75) is 52.0 Å². The Morgan fingerprint density at radius 1 is 1.08 bits per heavy atom. The van der Waals surface area contributed by atoms with E-state index in [0.717, 1.165) is 26.1 Å². The monoisotopic (exact) mass is 326 g/mol. The average molecular weight is 326 g/mol. The first kappa shape index (κ1) is 16.1. The van der Waals surface area contributed by atoms with Gasteiger partial charge in [-0.25, -0.2) is 0 Å². The van der Waals surface area contributed by atoms with Crippen LogP contribution in [0.3, 0.4) is 0 Å². The molecule has 3 heteroatoms. The first-order chi connectivity index (χ1) is 11.6. The first-order valence-electron chi connectivity index (χ1n) is 9.68. The Kier molecular flexibility index (Phi) is 4.38. The Morgan fingerprint density at radius 3 is 2.42 bits per heavy atom. The zero-order valence-corrected chi connectivity index (χ0v) is 15.0. The van der Waals surface area contributed by atoms with Gasteiger partial charge in [0.25, 0.3) is 0 Å². The summed E-state index contributed by atoms with van der Waals surface area (Å²) in [6.07, 6.45) is 7.10. The second-order valence-corrected chi connectivity index (χ2v) is 8.47. The molecule has 1 aromatic carbocycles. The van der Waals surface area contributed by atoms with Crippen molar-refractivity contribution in [2.24, 2.45) is 11.3 Å². The number of piperidine rings is 1. The number of hydrogen-bond acceptors (Lipinski definition) is 2. The fourth-order valence-electron chi connectivity index (χ4n) is 4.39. The molecule has 4 rings (SSSR count). The van der Waals surface area contributed by atoms with E-state index in [-0.39, 0.29) is 0 Å². The van der Waals surface area contributed by atoms with Gasteiger partial charge in [0, 0.05) is 26.1 Å². The quantitative estimate of drug-likeness (QED) is 0.844. The van der Waals surface area contributed by atoms with E-state index in [1.165, 1.54) is 56.3 Å². The predicted octanol–water partition coefficient (Wildman–Crippen LogP) is 3.61. The summed E-state index contributed by atoms with van der Waals surface area (Å²) in [5, 5.41) is 0. The van der Waals surface area contributed by atoms with Crippen LogP contribution in [-0.4, -0.2) is 41.9 Å². The standard InChI is InChI=1S/C21H30N2O/c1-17-2-4-19(5-3-17)15-22-11-8-21(9-12-22)10-13-23(16-21)20(24)14-18-6-7-18/h2-5,18H,6-16H2,1H3. The number of aryl methyl sites for hydroxylation is 1. The number of amides is 1. The summed E-state index contributed by atoms with van der Waals surface area (Å²) in [6.45, 7) is 7.60. The van der Waals surface area contributed by atoms with Crippen LogP contribution >= 0.6 is 0 Å². The number of rotatable bonds is 4. The normalized spacial score (nSPS) is 23.8. The second-order valence-electron chi connectivity index (χ2n) is 8.47. The van der Waals surface area contributed by atoms with Crippen molar-refractivity contribution in [2.75, 3.05) is 26.2 Å². The highest BCUT2D eigenvalue weighted by molar-refractivity contribution is 5.77. The van der Waals surface area contributed by atoms with Crippen LogP contribution in [0.4, 0.5) is 0 Å². The van der Waals surface area contributed by atoms with Gasteiger partial charge in [0.15, 0.2) is 0 Å². The van der Waals surface area contributed by atoms with Crippen LogP contribution in [-0.2, 0) is 11.3 Å². The number of benzene rings is 1. The Balaban J connectivity index is 1.27. The lowest BCUT2D eigenvalue weighted by atomic mass is 9.77. The zero-order valence-electron chi connectivity index (χ0n) is 15.0. The smallest absolute Gasteiger partial charge is 0.222 e. The van der Waals surface area contributed by atoms with E-state index in [1.54, 1.807) is 0 Å². The minimum Gasteiger partial charge on any atom is -0.342 e. The fourth-order valence-corrected chi connectivity index (χ4v) is 4.39. The van der Waals surface area contributed by atoms with Crippen molar-refractivity contribution in [1.82, 2.24) is 9.80 Å². The van der Waals surface area contributed by atoms with Crippen LogP contribution in [0, 0.1) is 18.3 Å². The molecule has 0 aromatic heterocycles. The van der Waals surface area contributed by atoms with Gasteiger partial charge in [0.1, 0.15) is 0 Å². The topological polar surface area (TPSA) is 23.6 Å². The second kappa shape index (κ2) is 6.51. The molecule has 1 aliphatic carbocycles. The van der Waals surface area contributed by atoms with Crippen molar-refractivity contribution in [1.29, 1.82) is 0 Å². The molecule has 2 heterocycles. The van der Waals surface area contributed by atoms with Gasteiger partial charge < -0.3 is 4.90 Å². The van der Waals surface area contributed by atoms with Gasteiger partial charge in [0.2, 0.25) is 5.91 Å². The molecule has 2 aliphatic heterocycles. The molecule has 1 saturated carbocycles. The Morgan fingerprint density at radius 2 is 1.75 bits per heavy atom. The molecule has 0 radical (unpaired) electrons. The molecule has 1 spiro atoms. The van der Waals surface area contributed by atoms with Gasteiger partial charge in [-0.2, -0.15) is 0 Å². The average Bonchev–Trinajstić information content (AvgIpc) is 3.30. The maximum atomic E-state index is 12.4. The summed E-state index contributed by atoms with van der Waals surface area (Å²) in [7, 11) is 0. The summed E-state index contributed by atoms with van der Waals surface area (Å²) in [5.41, 5.74) is 3.17. The molecule has 0 unspecified atom stereocenters. The number of carbonyl (C=O) groups is 1. The third-order valence-electron chi connectivity index (χ3n) is 6.39. The lowest BCUT2D eigenvalue weighted by Gasteiger charge is -2.39. The van der Waals surface area contributed by atoms with Gasteiger partial charge in [-0.3, -0.25) is 9.69 Å². The fraction of sp³-hybridized carbons (Fsp3) is 0.667. The van der Waals surface area contributed by atoms with Gasteiger partial charge >= 0.3 is 0 Å². The minimum absolute atomic E-state index is 0.420. The van der Waals surface area contributed by atoms with E-state index in [0.29, 0.717) is 17.2 Å². The highest BCUT2D eigenvalue weighted by atomic mass is 16.2. The summed E-state index contributed by atoms with van der Waals surface area (Å²) < 4.78 is 0. The van der Waals surface area contributed by atoms with Crippen LogP contribution in [0.1, 0.15) is 49.7 Å². The number of likely N-dealkylation sites (tertiary alicyclic amines) is 2. The van der Waals surface area contributed by atoms with Crippen LogP contribution in [0.5, 0.6) is 0 Å². The SMILES string of the molecule is Cc1ccc(CN2CCC3(CC2)CCN(C(=O)CC2CC2)C3)cc1. The van der Waals surface area contributed by atoms with Crippen molar-refractivity contribution in [3.8, 4) is 0 Å². The predicted molar refractivity (Wildman–Crippen MR) is 96.7 cm³/mol. The van der Waals surface area contributed by atoms with Crippen molar-refractivity contribution >= 4 is 5.91 Å². The van der Waals surface area contributed by atoms with Crippen molar-refractivity contribution < 1.29 is 4.79 Å². The van der Waals surface area contributed by atoms with E-state index in [2.05, 4.69) is 41.0 Å². The van der Waals surface area contributed by atoms with Crippen LogP contribution in [0.15, 0.2) is 24.3 Å². The maximum absolute atomic E-state index is 12.4. The molecule has 1 amide bonds. The maximum Gasteiger partial charge on any atom is 0.222 e. The van der Waals surface area contributed by atoms with Crippen molar-refractivity contribution in [3.63, 3.8) is 0 Å². The summed E-state index contributed by atoms with van der Waals surface area (Å²) >= 11 is 0. The first-order valence-corrected chi connectivity index (χ1v) is 9.68. The van der Waals surface area contributed by atoms with Crippen LogP contribution < -0.4 is 0 Å². The third-order valence-corrected chi connectivity index (χ3v) is 6.39. The lowest BCUT2D eigenvalue weighted by Crippen LogP contribution is -2.42. The molecule has 130 valence electrons. The van der Waals surface area contributed by atoms with E-state index in [4.69, 9.17) is 0 Å². The molecule has 0 bridgehead atoms. The molecule has 0 N–H and O–H groups in total. The van der Waals surface area contributed by atoms with Gasteiger partial charge in [-0.05, 0) is 69.0 Å².